The first-order valence-corrected chi connectivity index (χ1v) is 7.93. The molecule has 2 aromatic rings. The predicted molar refractivity (Wildman–Crippen MR) is 73.4 cm³/mol. The lowest BCUT2D eigenvalue weighted by Gasteiger charge is -2.07. The van der Waals surface area contributed by atoms with Crippen molar-refractivity contribution in [1.82, 2.24) is 4.98 Å². The van der Waals surface area contributed by atoms with Gasteiger partial charge in [-0.15, -0.1) is 0 Å². The maximum absolute atomic E-state index is 11.4. The van der Waals surface area contributed by atoms with Gasteiger partial charge in [-0.2, -0.15) is 0 Å². The lowest BCUT2D eigenvalue weighted by Crippen LogP contribution is -1.92. The van der Waals surface area contributed by atoms with E-state index in [4.69, 9.17) is 10.7 Å². The fourth-order valence-electron chi connectivity index (χ4n) is 1.82. The van der Waals surface area contributed by atoms with Crippen LogP contribution in [0.2, 0.25) is 0 Å². The minimum Gasteiger partial charge on any atom is -0.360 e. The first-order valence-electron chi connectivity index (χ1n) is 5.62. The van der Waals surface area contributed by atoms with Crippen molar-refractivity contribution in [1.29, 1.82) is 0 Å². The molecule has 0 unspecified atom stereocenters. The molecule has 0 atom stereocenters. The van der Waals surface area contributed by atoms with Crippen molar-refractivity contribution in [2.45, 2.75) is 24.7 Å². The Morgan fingerprint density at radius 3 is 2.22 bits per heavy atom. The number of aromatic amines is 1. The van der Waals surface area contributed by atoms with E-state index in [1.807, 2.05) is 24.3 Å². The molecule has 1 heterocycles. The molecular formula is C13H14ClNO2S. The molecule has 0 saturated heterocycles. The zero-order valence-corrected chi connectivity index (χ0v) is 11.7. The average molecular weight is 284 g/mol. The molecule has 0 amide bonds. The van der Waals surface area contributed by atoms with Gasteiger partial charge >= 0.3 is 0 Å². The summed E-state index contributed by atoms with van der Waals surface area (Å²) < 4.78 is 22.8. The van der Waals surface area contributed by atoms with E-state index in [1.54, 1.807) is 6.20 Å². The Morgan fingerprint density at radius 1 is 1.11 bits per heavy atom. The van der Waals surface area contributed by atoms with Crippen LogP contribution in [0.1, 0.15) is 25.3 Å². The second-order valence-corrected chi connectivity index (χ2v) is 6.97. The van der Waals surface area contributed by atoms with Crippen LogP contribution >= 0.6 is 10.7 Å². The highest BCUT2D eigenvalue weighted by Gasteiger charge is 2.17. The van der Waals surface area contributed by atoms with Crippen LogP contribution in [-0.2, 0) is 9.05 Å². The van der Waals surface area contributed by atoms with Gasteiger partial charge in [0.05, 0.1) is 5.69 Å². The molecule has 1 aromatic heterocycles. The molecule has 0 radical (unpaired) electrons. The molecule has 0 fully saturated rings. The smallest absolute Gasteiger partial charge is 0.263 e. The minimum absolute atomic E-state index is 0.112. The third kappa shape index (κ3) is 2.60. The second kappa shape index (κ2) is 4.78. The van der Waals surface area contributed by atoms with Crippen LogP contribution in [0.5, 0.6) is 0 Å². The van der Waals surface area contributed by atoms with E-state index in [9.17, 15) is 8.42 Å². The molecule has 1 aromatic carbocycles. The molecule has 5 heteroatoms. The van der Waals surface area contributed by atoms with Crippen molar-refractivity contribution in [2.75, 3.05) is 0 Å². The maximum atomic E-state index is 11.4. The van der Waals surface area contributed by atoms with Gasteiger partial charge in [-0.3, -0.25) is 0 Å². The van der Waals surface area contributed by atoms with Crippen LogP contribution < -0.4 is 0 Å². The minimum atomic E-state index is -3.72. The molecule has 18 heavy (non-hydrogen) atoms. The summed E-state index contributed by atoms with van der Waals surface area (Å²) in [6, 6.07) is 9.24. The van der Waals surface area contributed by atoms with Gasteiger partial charge in [0.1, 0.15) is 4.90 Å². The Bertz CT molecular complexity index is 642. The first kappa shape index (κ1) is 13.2. The van der Waals surface area contributed by atoms with Crippen LogP contribution in [0.25, 0.3) is 11.3 Å². The zero-order valence-electron chi connectivity index (χ0n) is 10.1. The normalized spacial score (nSPS) is 12.0. The predicted octanol–water partition coefficient (Wildman–Crippen LogP) is 3.73. The summed E-state index contributed by atoms with van der Waals surface area (Å²) in [5.41, 5.74) is 2.55. The summed E-state index contributed by atoms with van der Waals surface area (Å²) in [5.74, 6) is 0.443. The highest BCUT2D eigenvalue weighted by molar-refractivity contribution is 8.13. The van der Waals surface area contributed by atoms with Gasteiger partial charge in [0.25, 0.3) is 9.05 Å². The molecule has 3 nitrogen and oxygen atoms in total. The second-order valence-electron chi connectivity index (χ2n) is 4.43. The van der Waals surface area contributed by atoms with Crippen molar-refractivity contribution in [3.63, 3.8) is 0 Å². The van der Waals surface area contributed by atoms with E-state index < -0.39 is 9.05 Å². The average Bonchev–Trinajstić information content (AvgIpc) is 2.77. The highest BCUT2D eigenvalue weighted by Crippen LogP contribution is 2.29. The Hall–Kier alpha value is -1.26. The molecular weight excluding hydrogens is 270 g/mol. The SMILES string of the molecule is CC(C)c1ccc(-c2[nH]ccc2S(=O)(=O)Cl)cc1. The van der Waals surface area contributed by atoms with Gasteiger partial charge in [-0.25, -0.2) is 8.42 Å². The van der Waals surface area contributed by atoms with Crippen LogP contribution in [0.15, 0.2) is 41.4 Å². The fourth-order valence-corrected chi connectivity index (χ4v) is 2.86. The number of nitrogens with one attached hydrogen (secondary N) is 1. The first-order chi connectivity index (χ1) is 8.39. The Morgan fingerprint density at radius 2 is 1.72 bits per heavy atom. The summed E-state index contributed by atoms with van der Waals surface area (Å²) in [4.78, 5) is 3.03. The van der Waals surface area contributed by atoms with E-state index in [0.717, 1.165) is 5.56 Å². The Kier molecular flexibility index (Phi) is 3.50. The van der Waals surface area contributed by atoms with Gasteiger partial charge in [0.2, 0.25) is 0 Å². The number of hydrogen-bond donors (Lipinski definition) is 1. The number of rotatable bonds is 3. The third-order valence-corrected chi connectivity index (χ3v) is 4.20. The number of benzene rings is 1. The van der Waals surface area contributed by atoms with E-state index in [-0.39, 0.29) is 4.90 Å². The molecule has 2 rings (SSSR count). The molecule has 0 spiro atoms. The number of aromatic nitrogens is 1. The largest absolute Gasteiger partial charge is 0.360 e. The Balaban J connectivity index is 2.47. The van der Waals surface area contributed by atoms with Gasteiger partial charge in [0, 0.05) is 16.9 Å². The van der Waals surface area contributed by atoms with Gasteiger partial charge in [-0.05, 0) is 23.1 Å². The van der Waals surface area contributed by atoms with Crippen molar-refractivity contribution >= 4 is 19.7 Å². The summed E-state index contributed by atoms with van der Waals surface area (Å²) >= 11 is 0. The fraction of sp³-hybridized carbons (Fsp3) is 0.231. The monoisotopic (exact) mass is 283 g/mol. The molecule has 1 N–H and O–H groups in total. The molecule has 0 aliphatic carbocycles. The van der Waals surface area contributed by atoms with Crippen molar-refractivity contribution in [2.24, 2.45) is 0 Å². The van der Waals surface area contributed by atoms with Crippen LogP contribution in [0.4, 0.5) is 0 Å². The van der Waals surface area contributed by atoms with E-state index in [2.05, 4.69) is 18.8 Å². The van der Waals surface area contributed by atoms with E-state index in [1.165, 1.54) is 11.6 Å². The van der Waals surface area contributed by atoms with Gasteiger partial charge in [0.15, 0.2) is 0 Å². The van der Waals surface area contributed by atoms with E-state index >= 15 is 0 Å². The number of H-pyrrole nitrogens is 1. The lowest BCUT2D eigenvalue weighted by atomic mass is 10.0. The molecule has 0 bridgehead atoms. The lowest BCUT2D eigenvalue weighted by molar-refractivity contribution is 0.610. The molecule has 0 saturated carbocycles. The number of halogens is 1. The van der Waals surface area contributed by atoms with Crippen molar-refractivity contribution in [3.8, 4) is 11.3 Å². The summed E-state index contributed by atoms with van der Waals surface area (Å²) in [5, 5.41) is 0. The molecule has 0 aliphatic rings. The summed E-state index contributed by atoms with van der Waals surface area (Å²) in [7, 11) is 1.67. The van der Waals surface area contributed by atoms with Crippen molar-refractivity contribution < 1.29 is 8.42 Å². The molecule has 96 valence electrons. The summed E-state index contributed by atoms with van der Waals surface area (Å²) in [6.45, 7) is 4.22. The van der Waals surface area contributed by atoms with Crippen LogP contribution in [0.3, 0.4) is 0 Å². The van der Waals surface area contributed by atoms with Gasteiger partial charge in [-0.1, -0.05) is 38.1 Å². The van der Waals surface area contributed by atoms with E-state index in [0.29, 0.717) is 11.6 Å². The quantitative estimate of drug-likeness (QED) is 0.873. The maximum Gasteiger partial charge on any atom is 0.263 e. The Labute approximate surface area is 111 Å². The topological polar surface area (TPSA) is 49.9 Å². The molecule has 0 aliphatic heterocycles. The van der Waals surface area contributed by atoms with Crippen molar-refractivity contribution in [3.05, 3.63) is 42.1 Å². The number of hydrogen-bond acceptors (Lipinski definition) is 2. The standard InChI is InChI=1S/C13H14ClNO2S/c1-9(2)10-3-5-11(6-4-10)13-12(7-8-15-13)18(14,16)17/h3-9,15H,1-2H3. The van der Waals surface area contributed by atoms with Crippen LogP contribution in [-0.4, -0.2) is 13.4 Å². The summed E-state index contributed by atoms with van der Waals surface area (Å²) in [6.07, 6.45) is 1.57. The van der Waals surface area contributed by atoms with Crippen LogP contribution in [0, 0.1) is 0 Å². The third-order valence-electron chi connectivity index (χ3n) is 2.84. The zero-order chi connectivity index (χ0) is 13.3. The van der Waals surface area contributed by atoms with Gasteiger partial charge < -0.3 is 4.98 Å². The highest BCUT2D eigenvalue weighted by atomic mass is 35.7.